The summed E-state index contributed by atoms with van der Waals surface area (Å²) in [6.45, 7) is 3.17. The van der Waals surface area contributed by atoms with Crippen LogP contribution in [0.2, 0.25) is 0 Å². The summed E-state index contributed by atoms with van der Waals surface area (Å²) in [6, 6.07) is 9.36. The van der Waals surface area contributed by atoms with Gasteiger partial charge in [-0.3, -0.25) is 9.89 Å². The van der Waals surface area contributed by atoms with Crippen LogP contribution in [0.15, 0.2) is 29.3 Å². The van der Waals surface area contributed by atoms with Crippen LogP contribution in [-0.4, -0.2) is 62.2 Å². The first-order chi connectivity index (χ1) is 13.2. The summed E-state index contributed by atoms with van der Waals surface area (Å²) < 4.78 is 5.45. The minimum Gasteiger partial charge on any atom is -0.497 e. The molecule has 0 bridgehead atoms. The van der Waals surface area contributed by atoms with Crippen LogP contribution in [0.5, 0.6) is 5.75 Å². The van der Waals surface area contributed by atoms with Gasteiger partial charge in [0.2, 0.25) is 0 Å². The van der Waals surface area contributed by atoms with E-state index in [1.807, 2.05) is 24.9 Å². The second-order valence-electron chi connectivity index (χ2n) is 7.50. The molecule has 150 valence electrons. The van der Waals surface area contributed by atoms with Gasteiger partial charge in [0.1, 0.15) is 5.75 Å². The number of nitrogens with one attached hydrogen (secondary N) is 2. The molecule has 1 aliphatic carbocycles. The number of methoxy groups -OCH3 is 1. The SMILES string of the molecule is CN=C(NCC(c1cccc(OC)c1)N1CCCC1)NC1CCC(SC)C1. The molecule has 5 nitrogen and oxygen atoms in total. The van der Waals surface area contributed by atoms with Crippen LogP contribution >= 0.6 is 11.8 Å². The number of hydrogen-bond acceptors (Lipinski definition) is 4. The zero-order valence-electron chi connectivity index (χ0n) is 16.9. The van der Waals surface area contributed by atoms with Gasteiger partial charge in [0, 0.05) is 24.9 Å². The molecule has 3 rings (SSSR count). The minimum atomic E-state index is 0.337. The quantitative estimate of drug-likeness (QED) is 0.553. The molecule has 2 aliphatic rings. The van der Waals surface area contributed by atoms with E-state index in [1.54, 1.807) is 7.11 Å². The molecule has 3 unspecified atom stereocenters. The lowest BCUT2D eigenvalue weighted by Crippen LogP contribution is -2.45. The number of likely N-dealkylation sites (tertiary alicyclic amines) is 1. The van der Waals surface area contributed by atoms with Gasteiger partial charge in [0.05, 0.1) is 13.2 Å². The van der Waals surface area contributed by atoms with E-state index >= 15 is 0 Å². The molecule has 1 heterocycles. The molecule has 0 amide bonds. The average Bonchev–Trinajstić information content (AvgIpc) is 3.39. The third-order valence-electron chi connectivity index (χ3n) is 5.81. The maximum Gasteiger partial charge on any atom is 0.191 e. The summed E-state index contributed by atoms with van der Waals surface area (Å²) in [5, 5.41) is 8.01. The Morgan fingerprint density at radius 3 is 2.81 bits per heavy atom. The largest absolute Gasteiger partial charge is 0.497 e. The number of aliphatic imine (C=N–C) groups is 1. The van der Waals surface area contributed by atoms with Crippen molar-refractivity contribution in [2.45, 2.75) is 49.4 Å². The highest BCUT2D eigenvalue weighted by atomic mass is 32.2. The fraction of sp³-hybridized carbons (Fsp3) is 0.667. The normalized spacial score (nSPS) is 24.8. The molecule has 0 spiro atoms. The number of guanidine groups is 1. The first-order valence-electron chi connectivity index (χ1n) is 10.1. The molecule has 0 radical (unpaired) electrons. The van der Waals surface area contributed by atoms with Crippen molar-refractivity contribution in [2.75, 3.05) is 40.0 Å². The Morgan fingerprint density at radius 2 is 2.15 bits per heavy atom. The minimum absolute atomic E-state index is 0.337. The van der Waals surface area contributed by atoms with E-state index in [4.69, 9.17) is 4.74 Å². The van der Waals surface area contributed by atoms with Crippen molar-refractivity contribution in [3.63, 3.8) is 0 Å². The molecule has 1 aromatic rings. The highest BCUT2D eigenvalue weighted by Gasteiger charge is 2.26. The van der Waals surface area contributed by atoms with Crippen LogP contribution in [0, 0.1) is 0 Å². The Morgan fingerprint density at radius 1 is 1.33 bits per heavy atom. The molecule has 1 saturated heterocycles. The summed E-state index contributed by atoms with van der Waals surface area (Å²) in [5.74, 6) is 1.85. The smallest absolute Gasteiger partial charge is 0.191 e. The first-order valence-corrected chi connectivity index (χ1v) is 11.4. The van der Waals surface area contributed by atoms with E-state index in [9.17, 15) is 0 Å². The number of rotatable bonds is 7. The highest BCUT2D eigenvalue weighted by molar-refractivity contribution is 7.99. The van der Waals surface area contributed by atoms with E-state index in [-0.39, 0.29) is 0 Å². The molecular weight excluding hydrogens is 356 g/mol. The van der Waals surface area contributed by atoms with Crippen LogP contribution in [-0.2, 0) is 0 Å². The van der Waals surface area contributed by atoms with Crippen LogP contribution in [0.3, 0.4) is 0 Å². The fourth-order valence-corrected chi connectivity index (χ4v) is 5.02. The van der Waals surface area contributed by atoms with Gasteiger partial charge in [0.15, 0.2) is 5.96 Å². The molecule has 0 aromatic heterocycles. The second-order valence-corrected chi connectivity index (χ2v) is 8.64. The molecule has 1 aliphatic heterocycles. The maximum atomic E-state index is 5.45. The summed E-state index contributed by atoms with van der Waals surface area (Å²) in [6.07, 6.45) is 8.55. The van der Waals surface area contributed by atoms with Gasteiger partial charge in [-0.2, -0.15) is 11.8 Å². The molecule has 6 heteroatoms. The van der Waals surface area contributed by atoms with Crippen molar-refractivity contribution in [3.05, 3.63) is 29.8 Å². The van der Waals surface area contributed by atoms with Crippen LogP contribution in [0.25, 0.3) is 0 Å². The molecule has 2 fully saturated rings. The second kappa shape index (κ2) is 10.2. The Labute approximate surface area is 168 Å². The van der Waals surface area contributed by atoms with E-state index in [0.717, 1.165) is 36.6 Å². The van der Waals surface area contributed by atoms with E-state index < -0.39 is 0 Å². The number of thioether (sulfide) groups is 1. The highest BCUT2D eigenvalue weighted by Crippen LogP contribution is 2.29. The van der Waals surface area contributed by atoms with Gasteiger partial charge in [-0.15, -0.1) is 0 Å². The Balaban J connectivity index is 1.63. The van der Waals surface area contributed by atoms with Gasteiger partial charge in [-0.1, -0.05) is 12.1 Å². The van der Waals surface area contributed by atoms with E-state index in [2.05, 4.69) is 45.0 Å². The first kappa shape index (κ1) is 20.3. The number of nitrogens with zero attached hydrogens (tertiary/aromatic N) is 2. The van der Waals surface area contributed by atoms with Crippen molar-refractivity contribution in [2.24, 2.45) is 4.99 Å². The standard InChI is InChI=1S/C21H34N4OS/c1-22-21(24-17-9-10-19(14-17)27-3)23-15-20(25-11-4-5-12-25)16-7-6-8-18(13-16)26-2/h6-8,13,17,19-20H,4-5,9-12,14-15H2,1-3H3,(H2,22,23,24). The molecular formula is C21H34N4OS. The molecule has 27 heavy (non-hydrogen) atoms. The Kier molecular flexibility index (Phi) is 7.70. The van der Waals surface area contributed by atoms with Crippen molar-refractivity contribution in [3.8, 4) is 5.75 Å². The van der Waals surface area contributed by atoms with Crippen LogP contribution in [0.4, 0.5) is 0 Å². The van der Waals surface area contributed by atoms with Crippen molar-refractivity contribution in [1.29, 1.82) is 0 Å². The summed E-state index contributed by atoms with van der Waals surface area (Å²) >= 11 is 1.99. The Bertz CT molecular complexity index is 618. The summed E-state index contributed by atoms with van der Waals surface area (Å²) in [4.78, 5) is 7.05. The maximum absolute atomic E-state index is 5.45. The van der Waals surface area contributed by atoms with Gasteiger partial charge in [0.25, 0.3) is 0 Å². The zero-order chi connectivity index (χ0) is 19.1. The van der Waals surface area contributed by atoms with E-state index in [0.29, 0.717) is 12.1 Å². The predicted octanol–water partition coefficient (Wildman–Crippen LogP) is 3.28. The number of hydrogen-bond donors (Lipinski definition) is 2. The predicted molar refractivity (Wildman–Crippen MR) is 116 cm³/mol. The van der Waals surface area contributed by atoms with Gasteiger partial charge < -0.3 is 15.4 Å². The van der Waals surface area contributed by atoms with Crippen molar-refractivity contribution < 1.29 is 4.74 Å². The van der Waals surface area contributed by atoms with Gasteiger partial charge in [-0.25, -0.2) is 0 Å². The monoisotopic (exact) mass is 390 g/mol. The number of ether oxygens (including phenoxy) is 1. The topological polar surface area (TPSA) is 48.9 Å². The van der Waals surface area contributed by atoms with Crippen molar-refractivity contribution in [1.82, 2.24) is 15.5 Å². The lowest BCUT2D eigenvalue weighted by Gasteiger charge is -2.29. The average molecular weight is 391 g/mol. The summed E-state index contributed by atoms with van der Waals surface area (Å²) in [7, 11) is 3.60. The van der Waals surface area contributed by atoms with E-state index in [1.165, 1.54) is 37.7 Å². The summed E-state index contributed by atoms with van der Waals surface area (Å²) in [5.41, 5.74) is 1.31. The Hall–Kier alpha value is -1.40. The zero-order valence-corrected chi connectivity index (χ0v) is 17.7. The van der Waals surface area contributed by atoms with Crippen LogP contribution < -0.4 is 15.4 Å². The lowest BCUT2D eigenvalue weighted by molar-refractivity contribution is 0.244. The van der Waals surface area contributed by atoms with Gasteiger partial charge in [-0.05, 0) is 69.1 Å². The molecule has 1 aromatic carbocycles. The third kappa shape index (κ3) is 5.55. The fourth-order valence-electron chi connectivity index (χ4n) is 4.23. The lowest BCUT2D eigenvalue weighted by atomic mass is 10.1. The van der Waals surface area contributed by atoms with Gasteiger partial charge >= 0.3 is 0 Å². The molecule has 3 atom stereocenters. The van der Waals surface area contributed by atoms with Crippen molar-refractivity contribution >= 4 is 17.7 Å². The third-order valence-corrected chi connectivity index (χ3v) is 6.90. The number of benzene rings is 1. The van der Waals surface area contributed by atoms with Crippen LogP contribution in [0.1, 0.15) is 43.7 Å². The molecule has 1 saturated carbocycles. The molecule has 2 N–H and O–H groups in total.